The van der Waals surface area contributed by atoms with Crippen molar-refractivity contribution in [1.29, 1.82) is 0 Å². The molecule has 0 saturated heterocycles. The number of hydrogen-bond acceptors (Lipinski definition) is 4. The van der Waals surface area contributed by atoms with Crippen LogP contribution < -0.4 is 5.32 Å². The van der Waals surface area contributed by atoms with Crippen LogP contribution in [-0.4, -0.2) is 26.3 Å². The van der Waals surface area contributed by atoms with Crippen LogP contribution in [0.3, 0.4) is 0 Å². The Bertz CT molecular complexity index is 922. The number of carbonyl (C=O) groups is 1. The van der Waals surface area contributed by atoms with Crippen LogP contribution in [-0.2, 0) is 0 Å². The first kappa shape index (κ1) is 13.6. The molecule has 0 aliphatic carbocycles. The minimum absolute atomic E-state index is 0.130. The van der Waals surface area contributed by atoms with Crippen LogP contribution in [0.5, 0.6) is 0 Å². The highest BCUT2D eigenvalue weighted by atomic mass is 16.4. The highest BCUT2D eigenvalue weighted by Gasteiger charge is 2.17. The molecule has 22 heavy (non-hydrogen) atoms. The third-order valence-electron chi connectivity index (χ3n) is 3.37. The van der Waals surface area contributed by atoms with Gasteiger partial charge in [0.25, 0.3) is 0 Å². The van der Waals surface area contributed by atoms with E-state index in [1.54, 1.807) is 13.0 Å². The van der Waals surface area contributed by atoms with Gasteiger partial charge < -0.3 is 15.4 Å². The zero-order valence-electron chi connectivity index (χ0n) is 11.7. The Morgan fingerprint density at radius 1 is 1.45 bits per heavy atom. The lowest BCUT2D eigenvalue weighted by molar-refractivity contribution is 0.0691. The van der Waals surface area contributed by atoms with E-state index in [9.17, 15) is 9.90 Å². The number of carboxylic acid groups (broad SMARTS) is 1. The minimum Gasteiger partial charge on any atom is -0.477 e. The highest BCUT2D eigenvalue weighted by Crippen LogP contribution is 2.28. The number of rotatable bonds is 3. The van der Waals surface area contributed by atoms with E-state index in [1.807, 2.05) is 18.2 Å². The van der Waals surface area contributed by atoms with Crippen LogP contribution in [0.2, 0.25) is 0 Å². The zero-order chi connectivity index (χ0) is 15.7. The van der Waals surface area contributed by atoms with Gasteiger partial charge in [-0.25, -0.2) is 4.79 Å². The molecule has 0 saturated carbocycles. The first-order chi connectivity index (χ1) is 10.6. The van der Waals surface area contributed by atoms with Gasteiger partial charge in [0.15, 0.2) is 5.82 Å². The van der Waals surface area contributed by atoms with Crippen molar-refractivity contribution in [2.24, 2.45) is 0 Å². The second-order valence-corrected chi connectivity index (χ2v) is 4.76. The number of terminal acetylenes is 1. The largest absolute Gasteiger partial charge is 0.477 e. The van der Waals surface area contributed by atoms with Gasteiger partial charge in [-0.3, -0.25) is 0 Å². The lowest BCUT2D eigenvalue weighted by Gasteiger charge is -2.07. The van der Waals surface area contributed by atoms with E-state index < -0.39 is 5.97 Å². The van der Waals surface area contributed by atoms with Gasteiger partial charge in [-0.1, -0.05) is 12.0 Å². The number of nitrogens with zero attached hydrogens (tertiary/aromatic N) is 2. The van der Waals surface area contributed by atoms with Crippen LogP contribution in [0.1, 0.15) is 21.6 Å². The van der Waals surface area contributed by atoms with E-state index in [2.05, 4.69) is 26.4 Å². The van der Waals surface area contributed by atoms with Crippen LogP contribution in [0.4, 0.5) is 11.5 Å². The molecule has 0 aliphatic heterocycles. The second-order valence-electron chi connectivity index (χ2n) is 4.76. The lowest BCUT2D eigenvalue weighted by atomic mass is 10.1. The van der Waals surface area contributed by atoms with Gasteiger partial charge >= 0.3 is 5.97 Å². The van der Waals surface area contributed by atoms with E-state index in [4.69, 9.17) is 6.42 Å². The average Bonchev–Trinajstić information content (AvgIpc) is 2.86. The summed E-state index contributed by atoms with van der Waals surface area (Å²) >= 11 is 0. The lowest BCUT2D eigenvalue weighted by Crippen LogP contribution is -1.99. The maximum Gasteiger partial charge on any atom is 0.352 e. The van der Waals surface area contributed by atoms with Crippen LogP contribution >= 0.6 is 0 Å². The van der Waals surface area contributed by atoms with E-state index >= 15 is 0 Å². The van der Waals surface area contributed by atoms with Gasteiger partial charge in [-0.05, 0) is 30.7 Å². The molecule has 108 valence electrons. The fraction of sp³-hybridized carbons (Fsp3) is 0.0625. The number of aromatic nitrogens is 3. The van der Waals surface area contributed by atoms with Gasteiger partial charge in [0.2, 0.25) is 0 Å². The van der Waals surface area contributed by atoms with E-state index in [1.165, 1.54) is 6.20 Å². The van der Waals surface area contributed by atoms with E-state index in [0.29, 0.717) is 22.3 Å². The summed E-state index contributed by atoms with van der Waals surface area (Å²) in [6.45, 7) is 1.73. The molecule has 0 aliphatic rings. The molecule has 1 aromatic carbocycles. The molecule has 0 unspecified atom stereocenters. The van der Waals surface area contributed by atoms with Gasteiger partial charge in [0.1, 0.15) is 5.69 Å². The fourth-order valence-electron chi connectivity index (χ4n) is 2.34. The Kier molecular flexibility index (Phi) is 3.24. The van der Waals surface area contributed by atoms with Crippen molar-refractivity contribution >= 4 is 28.4 Å². The smallest absolute Gasteiger partial charge is 0.352 e. The van der Waals surface area contributed by atoms with E-state index in [0.717, 1.165) is 11.3 Å². The Labute approximate surface area is 126 Å². The Hall–Kier alpha value is -3.33. The van der Waals surface area contributed by atoms with Gasteiger partial charge in [0, 0.05) is 16.6 Å². The Morgan fingerprint density at radius 3 is 3.00 bits per heavy atom. The minimum atomic E-state index is -1.02. The third kappa shape index (κ3) is 2.25. The number of aryl methyl sites for hydroxylation is 1. The molecule has 0 radical (unpaired) electrons. The number of nitrogens with one attached hydrogen (secondary N) is 2. The summed E-state index contributed by atoms with van der Waals surface area (Å²) < 4.78 is 0. The molecule has 0 amide bonds. The van der Waals surface area contributed by atoms with Gasteiger partial charge in [-0.15, -0.1) is 11.5 Å². The van der Waals surface area contributed by atoms with Gasteiger partial charge in [-0.2, -0.15) is 5.10 Å². The van der Waals surface area contributed by atoms with Crippen molar-refractivity contribution in [3.63, 3.8) is 0 Å². The summed E-state index contributed by atoms with van der Waals surface area (Å²) in [5.41, 5.74) is 2.84. The normalized spacial score (nSPS) is 10.4. The number of carboxylic acids is 1. The van der Waals surface area contributed by atoms with Crippen molar-refractivity contribution in [3.05, 3.63) is 47.3 Å². The Morgan fingerprint density at radius 2 is 2.27 bits per heavy atom. The van der Waals surface area contributed by atoms with Crippen molar-refractivity contribution in [2.45, 2.75) is 6.92 Å². The van der Waals surface area contributed by atoms with Crippen molar-refractivity contribution in [1.82, 2.24) is 15.2 Å². The van der Waals surface area contributed by atoms with E-state index in [-0.39, 0.29) is 5.69 Å². The number of aromatic carboxylic acids is 1. The molecule has 3 N–H and O–H groups in total. The van der Waals surface area contributed by atoms with Crippen LogP contribution in [0.25, 0.3) is 10.9 Å². The molecule has 0 bridgehead atoms. The maximum atomic E-state index is 11.2. The second kappa shape index (κ2) is 5.22. The number of benzene rings is 1. The average molecular weight is 292 g/mol. The number of fused-ring (bicyclic) bond motifs is 1. The van der Waals surface area contributed by atoms with Crippen LogP contribution in [0.15, 0.2) is 30.5 Å². The molecule has 3 rings (SSSR count). The predicted octanol–water partition coefficient (Wildman–Crippen LogP) is 2.69. The number of anilines is 2. The quantitative estimate of drug-likeness (QED) is 0.646. The summed E-state index contributed by atoms with van der Waals surface area (Å²) in [6, 6.07) is 7.31. The first-order valence-corrected chi connectivity index (χ1v) is 6.51. The summed E-state index contributed by atoms with van der Waals surface area (Å²) in [5, 5.41) is 21.0. The monoisotopic (exact) mass is 292 g/mol. The molecule has 0 fully saturated rings. The molecule has 6 nitrogen and oxygen atoms in total. The molecule has 2 heterocycles. The Balaban J connectivity index is 2.11. The summed E-state index contributed by atoms with van der Waals surface area (Å²) in [4.78, 5) is 14.1. The van der Waals surface area contributed by atoms with Gasteiger partial charge in [0.05, 0.1) is 11.7 Å². The van der Waals surface area contributed by atoms with Crippen molar-refractivity contribution in [2.75, 3.05) is 5.32 Å². The number of aromatic amines is 1. The SMILES string of the molecule is C#Cc1cccc(Nc2nncc3[nH]c(C(=O)O)c(C)c23)c1. The summed E-state index contributed by atoms with van der Waals surface area (Å²) in [5.74, 6) is 2.02. The highest BCUT2D eigenvalue weighted by molar-refractivity contribution is 6.01. The predicted molar refractivity (Wildman–Crippen MR) is 83.2 cm³/mol. The van der Waals surface area contributed by atoms with Crippen molar-refractivity contribution < 1.29 is 9.90 Å². The molecule has 0 atom stereocenters. The summed E-state index contributed by atoms with van der Waals surface area (Å²) in [7, 11) is 0. The zero-order valence-corrected chi connectivity index (χ0v) is 11.7. The standard InChI is InChI=1S/C16H12N4O2/c1-3-10-5-4-6-11(7-10)18-15-13-9(2)14(16(21)22)19-12(13)8-17-20-15/h1,4-8,19H,2H3,(H,18,20)(H,21,22). The third-order valence-corrected chi connectivity index (χ3v) is 3.37. The molecule has 0 spiro atoms. The molecule has 6 heteroatoms. The molecule has 3 aromatic rings. The topological polar surface area (TPSA) is 90.9 Å². The van der Waals surface area contributed by atoms with Crippen molar-refractivity contribution in [3.8, 4) is 12.3 Å². The fourth-order valence-corrected chi connectivity index (χ4v) is 2.34. The molecular formula is C16H12N4O2. The summed E-state index contributed by atoms with van der Waals surface area (Å²) in [6.07, 6.45) is 6.89. The van der Waals surface area contributed by atoms with Crippen LogP contribution in [0, 0.1) is 19.3 Å². The first-order valence-electron chi connectivity index (χ1n) is 6.51. The molecule has 2 aromatic heterocycles. The number of hydrogen-bond donors (Lipinski definition) is 3. The number of H-pyrrole nitrogens is 1. The molecular weight excluding hydrogens is 280 g/mol. The maximum absolute atomic E-state index is 11.2.